The summed E-state index contributed by atoms with van der Waals surface area (Å²) in [5, 5.41) is 3.62. The van der Waals surface area contributed by atoms with Gasteiger partial charge in [0.25, 0.3) is 0 Å². The number of hydrogen-bond acceptors (Lipinski definition) is 6. The number of nitrogens with one attached hydrogen (secondary N) is 1. The van der Waals surface area contributed by atoms with Crippen LogP contribution in [0.1, 0.15) is 83.9 Å². The third kappa shape index (κ3) is 8.52. The highest BCUT2D eigenvalue weighted by atomic mass is 35.5. The molecule has 1 amide bonds. The molecule has 1 N–H and O–H groups in total. The Morgan fingerprint density at radius 1 is 1.14 bits per heavy atom. The van der Waals surface area contributed by atoms with Crippen molar-refractivity contribution in [1.82, 2.24) is 19.4 Å². The van der Waals surface area contributed by atoms with E-state index in [1.807, 2.05) is 38.4 Å². The molecule has 1 unspecified atom stereocenters. The molecule has 2 bridgehead atoms. The number of rotatable bonds is 13. The fourth-order valence-corrected chi connectivity index (χ4v) is 10.8. The maximum atomic E-state index is 15.6. The van der Waals surface area contributed by atoms with Crippen molar-refractivity contribution in [3.63, 3.8) is 0 Å². The number of likely N-dealkylation sites (N-methyl/N-ethyl adjacent to an activating group) is 1. The number of carbonyl (C=O) groups excluding carboxylic acids is 1. The van der Waals surface area contributed by atoms with Crippen molar-refractivity contribution < 1.29 is 22.3 Å². The van der Waals surface area contributed by atoms with Crippen molar-refractivity contribution in [3.05, 3.63) is 63.9 Å². The molecule has 4 fully saturated rings. The number of hydrogen-bond donors (Lipinski definition) is 1. The van der Waals surface area contributed by atoms with E-state index < -0.39 is 21.9 Å². The highest BCUT2D eigenvalue weighted by Gasteiger charge is 2.56. The van der Waals surface area contributed by atoms with Gasteiger partial charge in [-0.3, -0.25) is 9.69 Å². The highest BCUT2D eigenvalue weighted by molar-refractivity contribution is 7.89. The lowest BCUT2D eigenvalue weighted by molar-refractivity contribution is -0.136. The molecule has 0 aromatic heterocycles. The number of ether oxygens (including phenoxy) is 1. The largest absolute Gasteiger partial charge is 0.494 e. The van der Waals surface area contributed by atoms with Gasteiger partial charge in [-0.2, -0.15) is 4.31 Å². The molecule has 3 aliphatic carbocycles. The Balaban J connectivity index is 1.37. The summed E-state index contributed by atoms with van der Waals surface area (Å²) in [6.45, 7) is 15.1. The first kappa shape index (κ1) is 39.0. The van der Waals surface area contributed by atoms with Crippen LogP contribution >= 0.6 is 11.6 Å². The zero-order chi connectivity index (χ0) is 36.8. The maximum absolute atomic E-state index is 15.6. The van der Waals surface area contributed by atoms with Gasteiger partial charge in [-0.15, -0.1) is 0 Å². The topological polar surface area (TPSA) is 82.2 Å². The normalized spacial score (nSPS) is 26.5. The Labute approximate surface area is 305 Å². The Hall–Kier alpha value is -2.24. The highest BCUT2D eigenvalue weighted by Crippen LogP contribution is 2.61. The number of methoxy groups -OCH3 is 1. The van der Waals surface area contributed by atoms with Crippen LogP contribution in [-0.4, -0.2) is 80.1 Å². The summed E-state index contributed by atoms with van der Waals surface area (Å²) >= 11 is 6.60. The van der Waals surface area contributed by atoms with E-state index in [1.165, 1.54) is 17.8 Å². The first-order valence-corrected chi connectivity index (χ1v) is 20.1. The van der Waals surface area contributed by atoms with Gasteiger partial charge in [0.05, 0.1) is 12.9 Å². The quantitative estimate of drug-likeness (QED) is 0.240. The van der Waals surface area contributed by atoms with Gasteiger partial charge in [-0.1, -0.05) is 77.4 Å². The van der Waals surface area contributed by atoms with Crippen LogP contribution in [-0.2, 0) is 34.5 Å². The van der Waals surface area contributed by atoms with E-state index in [-0.39, 0.29) is 54.4 Å². The fraction of sp³-hybridized carbons (Fsp3) is 0.667. The van der Waals surface area contributed by atoms with Gasteiger partial charge in [-0.05, 0) is 91.6 Å². The molecule has 1 heterocycles. The number of amides is 1. The molecule has 1 saturated heterocycles. The minimum Gasteiger partial charge on any atom is -0.494 e. The van der Waals surface area contributed by atoms with Crippen molar-refractivity contribution in [3.8, 4) is 5.75 Å². The van der Waals surface area contributed by atoms with E-state index in [0.717, 1.165) is 30.5 Å². The van der Waals surface area contributed by atoms with Crippen LogP contribution in [0.4, 0.5) is 4.39 Å². The van der Waals surface area contributed by atoms with Crippen LogP contribution in [0.3, 0.4) is 0 Å². The van der Waals surface area contributed by atoms with E-state index in [0.29, 0.717) is 40.3 Å². The van der Waals surface area contributed by atoms with Crippen LogP contribution in [0.5, 0.6) is 5.75 Å². The molecule has 50 heavy (non-hydrogen) atoms. The summed E-state index contributed by atoms with van der Waals surface area (Å²) in [6, 6.07) is 10.5. The third-order valence-corrected chi connectivity index (χ3v) is 13.9. The first-order valence-electron chi connectivity index (χ1n) is 18.1. The number of benzene rings is 2. The Morgan fingerprint density at radius 3 is 2.46 bits per heavy atom. The Kier molecular flexibility index (Phi) is 11.7. The van der Waals surface area contributed by atoms with Gasteiger partial charge >= 0.3 is 0 Å². The van der Waals surface area contributed by atoms with Gasteiger partial charge < -0.3 is 15.0 Å². The minimum absolute atomic E-state index is 0.00323. The number of fused-ring (bicyclic) bond motifs is 2. The maximum Gasteiger partial charge on any atom is 0.238 e. The van der Waals surface area contributed by atoms with Gasteiger partial charge in [0.15, 0.2) is 11.6 Å². The summed E-state index contributed by atoms with van der Waals surface area (Å²) in [6.07, 6.45) is 3.30. The molecule has 278 valence electrons. The average molecular weight is 733 g/mol. The second-order valence-electron chi connectivity index (χ2n) is 17.2. The van der Waals surface area contributed by atoms with Gasteiger partial charge in [0, 0.05) is 48.8 Å². The standard InChI is InChI=1S/C39H58ClFN4O4S/c1-25-31-18-28(39(31,5)6)19-33(25)42-37(46)34-15-16-50(47,48)45(34)22-27-12-10-11-26(17-27)21-44(29(23-43(7)8)20-38(2,3)4)24-30-32(40)13-14-35(49-9)36(30)41/h10-14,17,25,28-29,31,33-34H,15-16,18-24H2,1-9H3,(H,42,46)/t25-,28+,29-,31-,33-,34?/m0/s1. The SMILES string of the molecule is COc1ccc(Cl)c(CN(Cc2cccc(CN3C(C(=O)N[C@H]4C[C@H]5C[C@@H]([C@@H]4C)C5(C)C)CCS3(=O)=O)c2)[C@H](CN(C)C)CC(C)(C)C)c1F. The molecule has 3 saturated carbocycles. The number of halogens is 2. The monoisotopic (exact) mass is 732 g/mol. The van der Waals surface area contributed by atoms with Crippen molar-refractivity contribution in [1.29, 1.82) is 0 Å². The molecule has 4 aliphatic rings. The average Bonchev–Trinajstić information content (AvgIpc) is 3.31. The zero-order valence-corrected chi connectivity index (χ0v) is 33.0. The van der Waals surface area contributed by atoms with Crippen LogP contribution in [0, 0.1) is 34.4 Å². The van der Waals surface area contributed by atoms with Crippen LogP contribution in [0.25, 0.3) is 0 Å². The number of sulfonamides is 1. The van der Waals surface area contributed by atoms with E-state index in [1.54, 1.807) is 12.1 Å². The third-order valence-electron chi connectivity index (χ3n) is 11.7. The lowest BCUT2D eigenvalue weighted by Gasteiger charge is -2.62. The molecule has 2 aromatic rings. The van der Waals surface area contributed by atoms with Crippen LogP contribution < -0.4 is 10.1 Å². The molecule has 8 nitrogen and oxygen atoms in total. The molecule has 2 aromatic carbocycles. The lowest BCUT2D eigenvalue weighted by atomic mass is 9.45. The molecule has 6 rings (SSSR count). The Bertz CT molecular complexity index is 1640. The molecular weight excluding hydrogens is 675 g/mol. The second-order valence-corrected chi connectivity index (χ2v) is 19.6. The van der Waals surface area contributed by atoms with Gasteiger partial charge in [0.2, 0.25) is 15.9 Å². The molecule has 0 spiro atoms. The second kappa shape index (κ2) is 15.0. The van der Waals surface area contributed by atoms with Crippen molar-refractivity contribution >= 4 is 27.5 Å². The molecule has 1 aliphatic heterocycles. The van der Waals surface area contributed by atoms with Gasteiger partial charge in [-0.25, -0.2) is 12.8 Å². The molecular formula is C39H58ClFN4O4S. The van der Waals surface area contributed by atoms with Crippen LogP contribution in [0.2, 0.25) is 5.02 Å². The predicted molar refractivity (Wildman–Crippen MR) is 199 cm³/mol. The summed E-state index contributed by atoms with van der Waals surface area (Å²) in [7, 11) is 1.91. The zero-order valence-electron chi connectivity index (χ0n) is 31.4. The summed E-state index contributed by atoms with van der Waals surface area (Å²) in [5.74, 6) is 0.991. The number of nitrogens with zero attached hydrogens (tertiary/aromatic N) is 3. The van der Waals surface area contributed by atoms with E-state index in [2.05, 4.69) is 56.7 Å². The van der Waals surface area contributed by atoms with Crippen molar-refractivity contribution in [2.45, 2.75) is 105 Å². The predicted octanol–water partition coefficient (Wildman–Crippen LogP) is 6.95. The summed E-state index contributed by atoms with van der Waals surface area (Å²) in [5.41, 5.74) is 2.46. The van der Waals surface area contributed by atoms with Gasteiger partial charge in [0.1, 0.15) is 6.04 Å². The smallest absolute Gasteiger partial charge is 0.238 e. The molecule has 6 atom stereocenters. The summed E-state index contributed by atoms with van der Waals surface area (Å²) < 4.78 is 49.1. The minimum atomic E-state index is -3.61. The van der Waals surface area contributed by atoms with E-state index in [4.69, 9.17) is 16.3 Å². The van der Waals surface area contributed by atoms with E-state index in [9.17, 15) is 13.2 Å². The molecule has 0 radical (unpaired) electrons. The Morgan fingerprint density at radius 2 is 1.84 bits per heavy atom. The van der Waals surface area contributed by atoms with Crippen molar-refractivity contribution in [2.75, 3.05) is 33.5 Å². The van der Waals surface area contributed by atoms with Crippen molar-refractivity contribution in [2.24, 2.45) is 28.6 Å². The first-order chi connectivity index (χ1) is 23.3. The molecule has 11 heteroatoms. The number of carbonyl (C=O) groups is 1. The lowest BCUT2D eigenvalue weighted by Crippen LogP contribution is -2.61. The summed E-state index contributed by atoms with van der Waals surface area (Å²) in [4.78, 5) is 18.1. The fourth-order valence-electron chi connectivity index (χ4n) is 8.88. The van der Waals surface area contributed by atoms with Crippen LogP contribution in [0.15, 0.2) is 36.4 Å². The van der Waals surface area contributed by atoms with E-state index >= 15 is 4.39 Å².